The third-order valence-electron chi connectivity index (χ3n) is 6.09. The van der Waals surface area contributed by atoms with Crippen molar-refractivity contribution in [3.8, 4) is 5.75 Å². The summed E-state index contributed by atoms with van der Waals surface area (Å²) in [7, 11) is 0. The summed E-state index contributed by atoms with van der Waals surface area (Å²) in [6.07, 6.45) is 6.65. The predicted octanol–water partition coefficient (Wildman–Crippen LogP) is 4.79. The first kappa shape index (κ1) is 22.8. The van der Waals surface area contributed by atoms with Crippen LogP contribution in [0.3, 0.4) is 0 Å². The van der Waals surface area contributed by atoms with Crippen LogP contribution in [0.2, 0.25) is 0 Å². The quantitative estimate of drug-likeness (QED) is 0.534. The van der Waals surface area contributed by atoms with E-state index in [2.05, 4.69) is 5.32 Å². The van der Waals surface area contributed by atoms with Crippen molar-refractivity contribution in [1.82, 2.24) is 4.57 Å². The Labute approximate surface area is 183 Å². The van der Waals surface area contributed by atoms with E-state index in [9.17, 15) is 14.4 Å². The number of benzene rings is 1. The first-order valence-corrected chi connectivity index (χ1v) is 11.1. The molecule has 3 rings (SSSR count). The SMILES string of the molecule is CCc1c(C)cc(C(=O)Nc2c(C)cccc2OC(C)=O)c(=O)n1CC1CCCCC1. The van der Waals surface area contributed by atoms with Crippen molar-refractivity contribution in [2.24, 2.45) is 5.92 Å². The Kier molecular flexibility index (Phi) is 7.31. The minimum Gasteiger partial charge on any atom is -0.424 e. The number of anilines is 1. The largest absolute Gasteiger partial charge is 0.424 e. The third kappa shape index (κ3) is 5.24. The molecule has 0 bridgehead atoms. The van der Waals surface area contributed by atoms with Gasteiger partial charge in [0.2, 0.25) is 0 Å². The number of aryl methyl sites for hydroxylation is 2. The number of esters is 1. The van der Waals surface area contributed by atoms with Gasteiger partial charge in [0.15, 0.2) is 5.75 Å². The Morgan fingerprint density at radius 2 is 1.84 bits per heavy atom. The highest BCUT2D eigenvalue weighted by atomic mass is 16.5. The van der Waals surface area contributed by atoms with E-state index in [-0.39, 0.29) is 16.9 Å². The molecule has 2 aromatic rings. The molecular formula is C25H32N2O4. The number of carbonyl (C=O) groups excluding carboxylic acids is 2. The molecule has 166 valence electrons. The molecule has 0 radical (unpaired) electrons. The van der Waals surface area contributed by atoms with Crippen LogP contribution in [-0.4, -0.2) is 16.4 Å². The maximum absolute atomic E-state index is 13.4. The normalized spacial score (nSPS) is 14.3. The van der Waals surface area contributed by atoms with E-state index in [1.165, 1.54) is 26.2 Å². The Morgan fingerprint density at radius 1 is 1.13 bits per heavy atom. The zero-order chi connectivity index (χ0) is 22.5. The molecule has 1 aromatic carbocycles. The van der Waals surface area contributed by atoms with Crippen molar-refractivity contribution in [2.75, 3.05) is 5.32 Å². The lowest BCUT2D eigenvalue weighted by molar-refractivity contribution is -0.131. The van der Waals surface area contributed by atoms with Crippen molar-refractivity contribution < 1.29 is 14.3 Å². The van der Waals surface area contributed by atoms with Gasteiger partial charge >= 0.3 is 5.97 Å². The van der Waals surface area contributed by atoms with Crippen LogP contribution in [0.15, 0.2) is 29.1 Å². The van der Waals surface area contributed by atoms with Crippen LogP contribution in [0.4, 0.5) is 5.69 Å². The number of hydrogen-bond donors (Lipinski definition) is 1. The second-order valence-electron chi connectivity index (χ2n) is 8.46. The van der Waals surface area contributed by atoms with E-state index in [0.717, 1.165) is 36.1 Å². The average molecular weight is 425 g/mol. The van der Waals surface area contributed by atoms with Gasteiger partial charge in [-0.25, -0.2) is 0 Å². The Morgan fingerprint density at radius 3 is 2.48 bits per heavy atom. The van der Waals surface area contributed by atoms with Gasteiger partial charge in [0.1, 0.15) is 5.56 Å². The van der Waals surface area contributed by atoms with Crippen molar-refractivity contribution in [2.45, 2.75) is 72.8 Å². The van der Waals surface area contributed by atoms with Crippen LogP contribution < -0.4 is 15.6 Å². The first-order valence-electron chi connectivity index (χ1n) is 11.1. The van der Waals surface area contributed by atoms with E-state index in [4.69, 9.17) is 4.74 Å². The van der Waals surface area contributed by atoms with Gasteiger partial charge in [-0.2, -0.15) is 0 Å². The van der Waals surface area contributed by atoms with E-state index in [1.807, 2.05) is 31.4 Å². The van der Waals surface area contributed by atoms with Crippen molar-refractivity contribution in [3.63, 3.8) is 0 Å². The van der Waals surface area contributed by atoms with E-state index >= 15 is 0 Å². The number of pyridine rings is 1. The van der Waals surface area contributed by atoms with Gasteiger partial charge in [-0.3, -0.25) is 14.4 Å². The molecule has 0 saturated heterocycles. The molecule has 1 aromatic heterocycles. The fraction of sp³-hybridized carbons (Fsp3) is 0.480. The minimum atomic E-state index is -0.490. The molecule has 1 N–H and O–H groups in total. The summed E-state index contributed by atoms with van der Waals surface area (Å²) in [4.78, 5) is 38.0. The highest BCUT2D eigenvalue weighted by Crippen LogP contribution is 2.29. The monoisotopic (exact) mass is 424 g/mol. The van der Waals surface area contributed by atoms with E-state index in [0.29, 0.717) is 18.2 Å². The molecule has 6 nitrogen and oxygen atoms in total. The van der Waals surface area contributed by atoms with Crippen LogP contribution in [0.1, 0.15) is 73.1 Å². The molecule has 1 aliphatic rings. The van der Waals surface area contributed by atoms with Crippen LogP contribution in [0.25, 0.3) is 0 Å². The predicted molar refractivity (Wildman–Crippen MR) is 122 cm³/mol. The first-order chi connectivity index (χ1) is 14.8. The molecule has 0 aliphatic heterocycles. The standard InChI is InChI=1S/C25H32N2O4/c1-5-21-17(3)14-20(25(30)27(21)15-19-11-7-6-8-12-19)24(29)26-23-16(2)10-9-13-22(23)31-18(4)28/h9-10,13-14,19H,5-8,11-12,15H2,1-4H3,(H,26,29). The van der Waals surface area contributed by atoms with Gasteiger partial charge in [-0.1, -0.05) is 38.3 Å². The second-order valence-corrected chi connectivity index (χ2v) is 8.46. The maximum Gasteiger partial charge on any atom is 0.308 e. The fourth-order valence-electron chi connectivity index (χ4n) is 4.52. The summed E-state index contributed by atoms with van der Waals surface area (Å²) in [6.45, 7) is 7.77. The number of carbonyl (C=O) groups is 2. The molecule has 1 amide bonds. The fourth-order valence-corrected chi connectivity index (χ4v) is 4.52. The van der Waals surface area contributed by atoms with Crippen LogP contribution in [0.5, 0.6) is 5.75 Å². The van der Waals surface area contributed by atoms with E-state index in [1.54, 1.807) is 18.2 Å². The summed E-state index contributed by atoms with van der Waals surface area (Å²) in [5, 5.41) is 2.81. The number of hydrogen-bond acceptors (Lipinski definition) is 4. The van der Waals surface area contributed by atoms with Crippen molar-refractivity contribution in [3.05, 3.63) is 57.0 Å². The van der Waals surface area contributed by atoms with Crippen LogP contribution in [-0.2, 0) is 17.8 Å². The number of nitrogens with zero attached hydrogens (tertiary/aromatic N) is 1. The highest BCUT2D eigenvalue weighted by Gasteiger charge is 2.22. The topological polar surface area (TPSA) is 77.4 Å². The molecule has 6 heteroatoms. The molecule has 1 saturated carbocycles. The lowest BCUT2D eigenvalue weighted by atomic mass is 9.89. The van der Waals surface area contributed by atoms with Crippen molar-refractivity contribution in [1.29, 1.82) is 0 Å². The molecule has 1 heterocycles. The number of ether oxygens (including phenoxy) is 1. The highest BCUT2D eigenvalue weighted by molar-refractivity contribution is 6.05. The van der Waals surface area contributed by atoms with Gasteiger partial charge < -0.3 is 14.6 Å². The van der Waals surface area contributed by atoms with Gasteiger partial charge in [0.05, 0.1) is 5.69 Å². The molecule has 1 aliphatic carbocycles. The maximum atomic E-state index is 13.4. The number of nitrogens with one attached hydrogen (secondary N) is 1. The summed E-state index contributed by atoms with van der Waals surface area (Å²) < 4.78 is 7.05. The van der Waals surface area contributed by atoms with Crippen LogP contribution >= 0.6 is 0 Å². The average Bonchev–Trinajstić information content (AvgIpc) is 2.73. The molecule has 0 atom stereocenters. The smallest absolute Gasteiger partial charge is 0.308 e. The van der Waals surface area contributed by atoms with E-state index < -0.39 is 11.9 Å². The second kappa shape index (κ2) is 9.94. The number of para-hydroxylation sites is 1. The molecule has 0 spiro atoms. The van der Waals surface area contributed by atoms with Crippen molar-refractivity contribution >= 4 is 17.6 Å². The zero-order valence-corrected chi connectivity index (χ0v) is 18.9. The van der Waals surface area contributed by atoms with Crippen LogP contribution in [0, 0.1) is 19.8 Å². The number of aromatic nitrogens is 1. The summed E-state index contributed by atoms with van der Waals surface area (Å²) in [5.74, 6) is -0.221. The third-order valence-corrected chi connectivity index (χ3v) is 6.09. The summed E-state index contributed by atoms with van der Waals surface area (Å²) in [6, 6.07) is 6.87. The molecule has 1 fully saturated rings. The molecule has 0 unspecified atom stereocenters. The zero-order valence-electron chi connectivity index (χ0n) is 18.9. The molecule has 31 heavy (non-hydrogen) atoms. The lowest BCUT2D eigenvalue weighted by Gasteiger charge is -2.25. The summed E-state index contributed by atoms with van der Waals surface area (Å²) in [5.41, 5.74) is 2.93. The van der Waals surface area contributed by atoms with Gasteiger partial charge in [0.25, 0.3) is 11.5 Å². The summed E-state index contributed by atoms with van der Waals surface area (Å²) >= 11 is 0. The lowest BCUT2D eigenvalue weighted by Crippen LogP contribution is -2.34. The molecular weight excluding hydrogens is 392 g/mol. The Bertz CT molecular complexity index is 1030. The minimum absolute atomic E-state index is 0.113. The Hall–Kier alpha value is -2.89. The van der Waals surface area contributed by atoms with Gasteiger partial charge in [0, 0.05) is 19.2 Å². The Balaban J connectivity index is 1.97. The number of rotatable bonds is 6. The van der Waals surface area contributed by atoms with Gasteiger partial charge in [-0.15, -0.1) is 0 Å². The number of amides is 1. The van der Waals surface area contributed by atoms with Gasteiger partial charge in [-0.05, 0) is 62.3 Å².